The maximum Gasteiger partial charge on any atom is 0.338 e. The number of amides is 3. The summed E-state index contributed by atoms with van der Waals surface area (Å²) in [5.41, 5.74) is 1.27. The van der Waals surface area contributed by atoms with E-state index in [1.807, 2.05) is 0 Å². The molecule has 17 heteroatoms. The van der Waals surface area contributed by atoms with Crippen LogP contribution in [0.25, 0.3) is 0 Å². The average Bonchev–Trinajstić information content (AvgIpc) is 3.52. The highest BCUT2D eigenvalue weighted by atomic mass is 32.2. The predicted octanol–water partition coefficient (Wildman–Crippen LogP) is 3.27. The van der Waals surface area contributed by atoms with Gasteiger partial charge in [0.25, 0.3) is 0 Å². The number of ether oxygens (including phenoxy) is 2. The quantitative estimate of drug-likeness (QED) is 0.159. The van der Waals surface area contributed by atoms with Crippen LogP contribution in [-0.4, -0.2) is 60.2 Å². The van der Waals surface area contributed by atoms with Crippen LogP contribution in [0.5, 0.6) is 11.5 Å². The molecule has 2 aliphatic heterocycles. The summed E-state index contributed by atoms with van der Waals surface area (Å²) < 4.78 is 35.1. The fourth-order valence-corrected chi connectivity index (χ4v) is 9.19. The Labute approximate surface area is 293 Å². The third-order valence-corrected chi connectivity index (χ3v) is 11.6. The van der Waals surface area contributed by atoms with Gasteiger partial charge in [0, 0.05) is 16.5 Å². The fraction of sp³-hybridized carbons (Fsp3) is 0.242. The lowest BCUT2D eigenvalue weighted by Gasteiger charge is -2.31. The smallest absolute Gasteiger partial charge is 0.338 e. The third-order valence-electron chi connectivity index (χ3n) is 8.10. The maximum atomic E-state index is 14.2. The Bertz CT molecular complexity index is 2180. The van der Waals surface area contributed by atoms with E-state index in [0.29, 0.717) is 15.5 Å². The van der Waals surface area contributed by atoms with E-state index >= 15 is 0 Å². The van der Waals surface area contributed by atoms with Crippen molar-refractivity contribution in [1.82, 2.24) is 4.57 Å². The molecule has 1 fully saturated rings. The molecule has 1 aromatic heterocycles. The van der Waals surface area contributed by atoms with Crippen LogP contribution in [0.3, 0.4) is 0 Å². The number of hydrogen-bond donors (Lipinski definition) is 3. The maximum absolute atomic E-state index is 14.2. The fourth-order valence-electron chi connectivity index (χ4n) is 5.90. The third kappa shape index (κ3) is 6.51. The van der Waals surface area contributed by atoms with Gasteiger partial charge in [-0.25, -0.2) is 23.3 Å². The van der Waals surface area contributed by atoms with E-state index in [9.17, 15) is 37.5 Å². The van der Waals surface area contributed by atoms with Gasteiger partial charge in [0.1, 0.15) is 11.8 Å². The Balaban J connectivity index is 1.38. The number of aromatic nitrogens is 1. The molecule has 50 heavy (non-hydrogen) atoms. The first-order valence-electron chi connectivity index (χ1n) is 15.3. The minimum atomic E-state index is -3.94. The average molecular weight is 739 g/mol. The van der Waals surface area contributed by atoms with Crippen molar-refractivity contribution in [2.75, 3.05) is 23.4 Å². The molecule has 0 radical (unpaired) electrons. The van der Waals surface area contributed by atoms with E-state index in [1.54, 1.807) is 26.0 Å². The molecule has 3 amide bonds. The Kier molecular flexibility index (Phi) is 9.58. The molecule has 4 aromatic rings. The lowest BCUT2D eigenvalue weighted by Crippen LogP contribution is -2.33. The molecule has 0 bridgehead atoms. The van der Waals surface area contributed by atoms with Gasteiger partial charge < -0.3 is 19.9 Å². The van der Waals surface area contributed by atoms with Gasteiger partial charge in [-0.15, -0.1) is 0 Å². The molecule has 14 nitrogen and oxygen atoms in total. The second-order valence-electron chi connectivity index (χ2n) is 11.2. The Morgan fingerprint density at radius 2 is 1.66 bits per heavy atom. The molecule has 3 atom stereocenters. The summed E-state index contributed by atoms with van der Waals surface area (Å²) >= 11 is 1.86. The number of phenols is 1. The summed E-state index contributed by atoms with van der Waals surface area (Å²) in [5.74, 6) is -3.99. The topological polar surface area (TPSA) is 204 Å². The molecule has 3 unspecified atom stereocenters. The van der Waals surface area contributed by atoms with Crippen LogP contribution in [0.2, 0.25) is 0 Å². The number of fused-ring (bicyclic) bond motifs is 2. The van der Waals surface area contributed by atoms with Gasteiger partial charge in [-0.05, 0) is 80.1 Å². The van der Waals surface area contributed by atoms with E-state index in [1.165, 1.54) is 59.2 Å². The number of carbonyl (C=O) groups excluding carboxylic acids is 4. The lowest BCUT2D eigenvalue weighted by molar-refractivity contribution is -0.122. The number of primary sulfonamides is 1. The molecule has 1 saturated heterocycles. The van der Waals surface area contributed by atoms with E-state index in [-0.39, 0.29) is 46.5 Å². The molecule has 0 aliphatic carbocycles. The summed E-state index contributed by atoms with van der Waals surface area (Å²) in [6.45, 7) is 3.40. The number of rotatable bonds is 10. The Hall–Kier alpha value is -4.97. The first-order valence-corrected chi connectivity index (χ1v) is 18.5. The molecular formula is C33H30N4O10S3. The van der Waals surface area contributed by atoms with Crippen LogP contribution in [0.4, 0.5) is 11.4 Å². The van der Waals surface area contributed by atoms with Crippen molar-refractivity contribution in [3.63, 3.8) is 0 Å². The number of hydrogen-bond acceptors (Lipinski definition) is 12. The van der Waals surface area contributed by atoms with Gasteiger partial charge in [-0.1, -0.05) is 29.2 Å². The Morgan fingerprint density at radius 1 is 0.960 bits per heavy atom. The highest BCUT2D eigenvalue weighted by molar-refractivity contribution is 8.00. The molecule has 4 N–H and O–H groups in total. The monoisotopic (exact) mass is 738 g/mol. The molecule has 2 aliphatic rings. The summed E-state index contributed by atoms with van der Waals surface area (Å²) in [4.78, 5) is 68.1. The number of nitrogens with one attached hydrogen (secondary N) is 1. The number of benzene rings is 3. The number of anilines is 2. The van der Waals surface area contributed by atoms with E-state index in [2.05, 4.69) is 5.32 Å². The van der Waals surface area contributed by atoms with Crippen molar-refractivity contribution in [3.05, 3.63) is 92.4 Å². The number of sulfonamides is 1. The molecule has 3 heterocycles. The van der Waals surface area contributed by atoms with Crippen LogP contribution < -0.4 is 25.0 Å². The number of nitrogens with two attached hydrogens (primary N) is 1. The largest absolute Gasteiger partial charge is 0.504 e. The number of imide groups is 1. The normalized spacial score (nSPS) is 18.4. The first kappa shape index (κ1) is 34.9. The molecule has 0 spiro atoms. The minimum absolute atomic E-state index is 0.130. The van der Waals surface area contributed by atoms with Crippen molar-refractivity contribution in [3.8, 4) is 11.5 Å². The van der Waals surface area contributed by atoms with Crippen molar-refractivity contribution in [2.45, 2.75) is 41.5 Å². The zero-order valence-electron chi connectivity index (χ0n) is 26.5. The number of carbonyl (C=O) groups is 4. The van der Waals surface area contributed by atoms with Crippen molar-refractivity contribution < 1.29 is 42.2 Å². The van der Waals surface area contributed by atoms with Gasteiger partial charge >= 0.3 is 10.8 Å². The minimum Gasteiger partial charge on any atom is -0.504 e. The van der Waals surface area contributed by atoms with E-state index in [4.69, 9.17) is 14.6 Å². The van der Waals surface area contributed by atoms with E-state index < -0.39 is 62.2 Å². The van der Waals surface area contributed by atoms with Gasteiger partial charge in [-0.3, -0.25) is 23.7 Å². The first-order chi connectivity index (χ1) is 23.8. The number of esters is 1. The number of aromatic hydroxyl groups is 1. The molecule has 260 valence electrons. The van der Waals surface area contributed by atoms with Gasteiger partial charge in [0.05, 0.1) is 40.3 Å². The van der Waals surface area contributed by atoms with Gasteiger partial charge in [0.15, 0.2) is 11.5 Å². The number of nitrogens with zero attached hydrogens (tertiary/aromatic N) is 2. The van der Waals surface area contributed by atoms with Gasteiger partial charge in [0.2, 0.25) is 27.7 Å². The van der Waals surface area contributed by atoms with Crippen molar-refractivity contribution in [2.24, 2.45) is 11.1 Å². The van der Waals surface area contributed by atoms with Crippen LogP contribution >= 0.6 is 23.1 Å². The van der Waals surface area contributed by atoms with Crippen LogP contribution in [0.15, 0.2) is 81.4 Å². The van der Waals surface area contributed by atoms with Crippen molar-refractivity contribution in [1.29, 1.82) is 0 Å². The number of phenolic OH excluding ortho intramolecular Hbond substituents is 1. The summed E-state index contributed by atoms with van der Waals surface area (Å²) in [6.07, 6.45) is 0. The zero-order valence-corrected chi connectivity index (χ0v) is 29.0. The van der Waals surface area contributed by atoms with Crippen LogP contribution in [0, 0.1) is 5.92 Å². The standard InChI is InChI=1S/C33H30N4O10S3/c1-3-46-23-15-18(7-14-22(23)38)25-26-27(30(41)37(29(26)40)20-10-5-17(6-11-20)32(42)47-4-2)48-31-28(25)49-33(43)36(31)16-24(39)35-19-8-12-21(13-9-19)50(34,44)45/h5-15,25-27,38H,3-4,16H2,1-2H3,(H,35,39)(H2,34,44,45). The van der Waals surface area contributed by atoms with Crippen LogP contribution in [-0.2, 0) is 35.7 Å². The molecule has 3 aromatic carbocycles. The van der Waals surface area contributed by atoms with Crippen molar-refractivity contribution >= 4 is 68.2 Å². The lowest BCUT2D eigenvalue weighted by atomic mass is 9.83. The SMILES string of the molecule is CCOC(=O)c1ccc(N2C(=O)C3Sc4c(sc(=O)n4CC(=O)Nc4ccc(S(N)(=O)=O)cc4)C(c4ccc(O)c(OCC)c4)C3C2=O)cc1. The molecule has 6 rings (SSSR count). The summed E-state index contributed by atoms with van der Waals surface area (Å²) in [5, 5.41) is 17.5. The van der Waals surface area contributed by atoms with E-state index in [0.717, 1.165) is 28.0 Å². The number of thiazole rings is 1. The number of thioether (sulfide) groups is 1. The highest BCUT2D eigenvalue weighted by Crippen LogP contribution is 2.54. The summed E-state index contributed by atoms with van der Waals surface area (Å²) in [7, 11) is -3.94. The molecule has 0 saturated carbocycles. The second kappa shape index (κ2) is 13.7. The summed E-state index contributed by atoms with van der Waals surface area (Å²) in [6, 6.07) is 15.7. The second-order valence-corrected chi connectivity index (χ2v) is 14.9. The molecular weight excluding hydrogens is 709 g/mol. The highest BCUT2D eigenvalue weighted by Gasteiger charge is 2.57. The van der Waals surface area contributed by atoms with Crippen LogP contribution in [0.1, 0.15) is 40.6 Å². The predicted molar refractivity (Wildman–Crippen MR) is 184 cm³/mol. The van der Waals surface area contributed by atoms with Gasteiger partial charge in [-0.2, -0.15) is 0 Å². The Morgan fingerprint density at radius 3 is 2.30 bits per heavy atom. The zero-order chi connectivity index (χ0) is 35.9.